The maximum atomic E-state index is 8.77. The Morgan fingerprint density at radius 2 is 2.18 bits per heavy atom. The van der Waals surface area contributed by atoms with Crippen molar-refractivity contribution < 1.29 is 19.5 Å². The van der Waals surface area contributed by atoms with Crippen molar-refractivity contribution in [2.24, 2.45) is 0 Å². The second-order valence-corrected chi connectivity index (χ2v) is 3.43. The van der Waals surface area contributed by atoms with E-state index in [1.807, 2.05) is 0 Å². The summed E-state index contributed by atoms with van der Waals surface area (Å²) in [6.45, 7) is 0.467. The Morgan fingerprint density at radius 3 is 2.88 bits per heavy atom. The zero-order valence-corrected chi connectivity index (χ0v) is 9.22. The van der Waals surface area contributed by atoms with Gasteiger partial charge in [-0.2, -0.15) is 4.73 Å². The first kappa shape index (κ1) is 11.6. The fraction of sp³-hybridized carbons (Fsp3) is 0.400. The molecule has 0 spiro atoms. The van der Waals surface area contributed by atoms with Crippen LogP contribution in [-0.4, -0.2) is 41.3 Å². The standard InChI is InChI=1S/C10H15N3O4/c11-9-5-7-8(17-9)6-10(12-1-2-14)13(7)16-4-3-15/h5-6,12,14-15H,1-4,11H2. The van der Waals surface area contributed by atoms with Gasteiger partial charge >= 0.3 is 0 Å². The van der Waals surface area contributed by atoms with Crippen LogP contribution >= 0.6 is 0 Å². The lowest BCUT2D eigenvalue weighted by Crippen LogP contribution is -2.18. The topological polar surface area (TPSA) is 106 Å². The summed E-state index contributed by atoms with van der Waals surface area (Å²) >= 11 is 0. The molecule has 0 unspecified atom stereocenters. The Bertz CT molecular complexity index is 491. The summed E-state index contributed by atoms with van der Waals surface area (Å²) in [7, 11) is 0. The van der Waals surface area contributed by atoms with Crippen LogP contribution in [-0.2, 0) is 0 Å². The highest BCUT2D eigenvalue weighted by Crippen LogP contribution is 2.26. The van der Waals surface area contributed by atoms with Crippen molar-refractivity contribution in [3.8, 4) is 0 Å². The lowest BCUT2D eigenvalue weighted by Gasteiger charge is -2.11. The first-order chi connectivity index (χ1) is 8.26. The molecule has 0 saturated carbocycles. The van der Waals surface area contributed by atoms with Crippen LogP contribution in [0.5, 0.6) is 0 Å². The third-order valence-electron chi connectivity index (χ3n) is 2.19. The van der Waals surface area contributed by atoms with Gasteiger partial charge in [0.1, 0.15) is 17.9 Å². The van der Waals surface area contributed by atoms with Gasteiger partial charge in [0.25, 0.3) is 0 Å². The molecule has 0 aliphatic rings. The molecule has 2 rings (SSSR count). The van der Waals surface area contributed by atoms with Gasteiger partial charge in [-0.1, -0.05) is 0 Å². The molecule has 0 amide bonds. The molecule has 0 aromatic carbocycles. The van der Waals surface area contributed by atoms with Gasteiger partial charge in [-0.3, -0.25) is 0 Å². The van der Waals surface area contributed by atoms with Gasteiger partial charge in [0.2, 0.25) is 0 Å². The molecule has 0 bridgehead atoms. The van der Waals surface area contributed by atoms with E-state index in [4.69, 9.17) is 25.2 Å². The summed E-state index contributed by atoms with van der Waals surface area (Å²) in [6.07, 6.45) is 0. The van der Waals surface area contributed by atoms with Crippen molar-refractivity contribution >= 4 is 22.8 Å². The highest BCUT2D eigenvalue weighted by molar-refractivity contribution is 5.82. The van der Waals surface area contributed by atoms with Crippen molar-refractivity contribution in [1.29, 1.82) is 0 Å². The Labute approximate surface area is 97.3 Å². The molecule has 0 radical (unpaired) electrons. The summed E-state index contributed by atoms with van der Waals surface area (Å²) < 4.78 is 6.75. The molecule has 0 aliphatic carbocycles. The number of fused-ring (bicyclic) bond motifs is 1. The van der Waals surface area contributed by atoms with Crippen LogP contribution in [0.4, 0.5) is 11.7 Å². The van der Waals surface area contributed by atoms with Crippen LogP contribution in [0.1, 0.15) is 0 Å². The molecule has 0 atom stereocenters. The minimum Gasteiger partial charge on any atom is -0.439 e. The normalized spacial score (nSPS) is 10.9. The van der Waals surface area contributed by atoms with Crippen molar-refractivity contribution in [2.75, 3.05) is 37.4 Å². The molecule has 5 N–H and O–H groups in total. The van der Waals surface area contributed by atoms with Gasteiger partial charge in [0, 0.05) is 18.7 Å². The van der Waals surface area contributed by atoms with E-state index >= 15 is 0 Å². The molecule has 2 heterocycles. The third kappa shape index (κ3) is 2.29. The summed E-state index contributed by atoms with van der Waals surface area (Å²) in [6, 6.07) is 3.36. The SMILES string of the molecule is Nc1cc2c(cc(NCCO)n2OCCO)o1. The largest absolute Gasteiger partial charge is 0.439 e. The molecule has 17 heavy (non-hydrogen) atoms. The zero-order valence-electron chi connectivity index (χ0n) is 9.22. The summed E-state index contributed by atoms with van der Waals surface area (Å²) in [4.78, 5) is 5.36. The van der Waals surface area contributed by atoms with Gasteiger partial charge in [-0.15, -0.1) is 0 Å². The lowest BCUT2D eigenvalue weighted by molar-refractivity contribution is 0.0862. The average Bonchev–Trinajstić information content (AvgIpc) is 2.80. The number of furan rings is 1. The van der Waals surface area contributed by atoms with Crippen LogP contribution in [0, 0.1) is 0 Å². The second kappa shape index (κ2) is 4.98. The molecule has 2 aromatic heterocycles. The van der Waals surface area contributed by atoms with Crippen molar-refractivity contribution in [3.63, 3.8) is 0 Å². The Balaban J connectivity index is 2.32. The number of nitrogens with two attached hydrogens (primary N) is 1. The van der Waals surface area contributed by atoms with E-state index in [1.165, 1.54) is 4.73 Å². The average molecular weight is 241 g/mol. The first-order valence-corrected chi connectivity index (χ1v) is 5.26. The predicted octanol–water partition coefficient (Wildman–Crippen LogP) is -0.358. The fourth-order valence-electron chi connectivity index (χ4n) is 1.57. The monoisotopic (exact) mass is 241 g/mol. The smallest absolute Gasteiger partial charge is 0.193 e. The molecule has 7 nitrogen and oxygen atoms in total. The number of nitrogens with zero attached hydrogens (tertiary/aromatic N) is 1. The van der Waals surface area contributed by atoms with Crippen LogP contribution in [0.2, 0.25) is 0 Å². The van der Waals surface area contributed by atoms with Crippen LogP contribution < -0.4 is 15.9 Å². The van der Waals surface area contributed by atoms with Gasteiger partial charge in [-0.05, 0) is 0 Å². The van der Waals surface area contributed by atoms with Crippen molar-refractivity contribution in [2.45, 2.75) is 0 Å². The first-order valence-electron chi connectivity index (χ1n) is 5.26. The van der Waals surface area contributed by atoms with Crippen molar-refractivity contribution in [1.82, 2.24) is 4.73 Å². The Morgan fingerprint density at radius 1 is 1.35 bits per heavy atom. The number of rotatable bonds is 6. The maximum absolute atomic E-state index is 8.77. The molecule has 94 valence electrons. The van der Waals surface area contributed by atoms with E-state index in [-0.39, 0.29) is 19.8 Å². The number of aliphatic hydroxyl groups is 2. The number of hydrogen-bond acceptors (Lipinski definition) is 6. The molecule has 0 aliphatic heterocycles. The van der Waals surface area contributed by atoms with E-state index in [9.17, 15) is 0 Å². The minimum absolute atomic E-state index is 0.00861. The number of nitrogens with one attached hydrogen (secondary N) is 1. The lowest BCUT2D eigenvalue weighted by atomic mass is 10.5. The van der Waals surface area contributed by atoms with E-state index < -0.39 is 0 Å². The van der Waals surface area contributed by atoms with E-state index in [1.54, 1.807) is 12.1 Å². The highest BCUT2D eigenvalue weighted by atomic mass is 16.7. The summed E-state index contributed by atoms with van der Waals surface area (Å²) in [5.41, 5.74) is 6.80. The molecular formula is C10H15N3O4. The van der Waals surface area contributed by atoms with E-state index in [0.717, 1.165) is 0 Å². The van der Waals surface area contributed by atoms with Crippen molar-refractivity contribution in [3.05, 3.63) is 12.1 Å². The highest BCUT2D eigenvalue weighted by Gasteiger charge is 2.13. The Kier molecular flexibility index (Phi) is 3.40. The number of aromatic nitrogens is 1. The maximum Gasteiger partial charge on any atom is 0.193 e. The minimum atomic E-state index is -0.0908. The molecule has 0 saturated heterocycles. The zero-order chi connectivity index (χ0) is 12.3. The van der Waals surface area contributed by atoms with Crippen LogP contribution in [0.3, 0.4) is 0 Å². The second-order valence-electron chi connectivity index (χ2n) is 3.43. The number of anilines is 2. The number of hydrogen-bond donors (Lipinski definition) is 4. The van der Waals surface area contributed by atoms with Crippen LogP contribution in [0.25, 0.3) is 11.1 Å². The molecule has 0 fully saturated rings. The van der Waals surface area contributed by atoms with E-state index in [0.29, 0.717) is 29.3 Å². The molecular weight excluding hydrogens is 226 g/mol. The van der Waals surface area contributed by atoms with Crippen LogP contribution in [0.15, 0.2) is 16.5 Å². The fourth-order valence-corrected chi connectivity index (χ4v) is 1.57. The molecule has 7 heteroatoms. The van der Waals surface area contributed by atoms with Gasteiger partial charge in [-0.25, -0.2) is 0 Å². The molecule has 2 aromatic rings. The summed E-state index contributed by atoms with van der Waals surface area (Å²) in [5, 5.41) is 20.5. The number of aliphatic hydroxyl groups excluding tert-OH is 2. The van der Waals surface area contributed by atoms with Gasteiger partial charge in [0.15, 0.2) is 11.5 Å². The van der Waals surface area contributed by atoms with E-state index in [2.05, 4.69) is 5.32 Å². The number of nitrogen functional groups attached to an aromatic ring is 1. The van der Waals surface area contributed by atoms with Gasteiger partial charge < -0.3 is 30.5 Å². The predicted molar refractivity (Wildman–Crippen MR) is 62.7 cm³/mol. The third-order valence-corrected chi connectivity index (χ3v) is 2.19. The van der Waals surface area contributed by atoms with Gasteiger partial charge in [0.05, 0.1) is 13.2 Å². The quantitative estimate of drug-likeness (QED) is 0.550. The Hall–Kier alpha value is -1.86. The summed E-state index contributed by atoms with van der Waals surface area (Å²) in [5.74, 6) is 0.936.